The predicted molar refractivity (Wildman–Crippen MR) is 116 cm³/mol. The summed E-state index contributed by atoms with van der Waals surface area (Å²) in [5, 5.41) is 26.2. The monoisotopic (exact) mass is 425 g/mol. The van der Waals surface area contributed by atoms with Crippen molar-refractivity contribution in [2.24, 2.45) is 4.99 Å². The van der Waals surface area contributed by atoms with Crippen molar-refractivity contribution in [3.8, 4) is 11.9 Å². The van der Waals surface area contributed by atoms with Crippen molar-refractivity contribution in [1.29, 1.82) is 5.26 Å². The minimum Gasteiger partial charge on any atom is -0.479 e. The van der Waals surface area contributed by atoms with Crippen LogP contribution in [-0.2, 0) is 16.0 Å². The number of aliphatic hydroxyl groups is 1. The quantitative estimate of drug-likeness (QED) is 0.137. The Morgan fingerprint density at radius 3 is 2.65 bits per heavy atom. The molecule has 0 saturated heterocycles. The maximum atomic E-state index is 11.3. The van der Waals surface area contributed by atoms with Crippen LogP contribution in [0.3, 0.4) is 0 Å². The van der Waals surface area contributed by atoms with E-state index in [1.54, 1.807) is 25.1 Å². The van der Waals surface area contributed by atoms with Gasteiger partial charge in [-0.05, 0) is 30.7 Å². The number of hydrogen-bond acceptors (Lipinski definition) is 7. The van der Waals surface area contributed by atoms with Gasteiger partial charge in [0.15, 0.2) is 18.1 Å². The molecule has 164 valence electrons. The molecule has 0 aliphatic carbocycles. The van der Waals surface area contributed by atoms with Gasteiger partial charge in [0.1, 0.15) is 11.9 Å². The van der Waals surface area contributed by atoms with Crippen LogP contribution in [0.15, 0.2) is 53.5 Å². The fourth-order valence-electron chi connectivity index (χ4n) is 3.68. The second-order valence-corrected chi connectivity index (χ2v) is 7.34. The Bertz CT molecular complexity index is 958. The number of anilines is 1. The van der Waals surface area contributed by atoms with E-state index in [1.807, 2.05) is 36.5 Å². The highest BCUT2D eigenvalue weighted by molar-refractivity contribution is 5.82. The van der Waals surface area contributed by atoms with Gasteiger partial charge >= 0.3 is 0 Å². The third-order valence-corrected chi connectivity index (χ3v) is 5.23. The number of ether oxygens (including phenoxy) is 3. The number of fused-ring (bicyclic) bond motifs is 1. The average Bonchev–Trinajstić information content (AvgIpc) is 2.77. The molecule has 0 fully saturated rings. The average molecular weight is 425 g/mol. The van der Waals surface area contributed by atoms with E-state index in [-0.39, 0.29) is 5.96 Å². The van der Waals surface area contributed by atoms with E-state index in [0.717, 1.165) is 5.56 Å². The second kappa shape index (κ2) is 9.66. The van der Waals surface area contributed by atoms with Crippen LogP contribution in [0, 0.1) is 11.5 Å². The normalized spacial score (nSPS) is 22.9. The van der Waals surface area contributed by atoms with E-state index >= 15 is 0 Å². The molecule has 1 unspecified atom stereocenters. The van der Waals surface area contributed by atoms with Gasteiger partial charge in [-0.1, -0.05) is 30.3 Å². The van der Waals surface area contributed by atoms with Crippen molar-refractivity contribution in [2.45, 2.75) is 37.5 Å². The molecule has 5 N–H and O–H groups in total. The lowest BCUT2D eigenvalue weighted by Gasteiger charge is -2.46. The molecule has 0 amide bonds. The number of hydrogen-bond donors (Lipinski definition) is 4. The highest BCUT2D eigenvalue weighted by atomic mass is 16.7. The molecule has 31 heavy (non-hydrogen) atoms. The second-order valence-electron chi connectivity index (χ2n) is 7.34. The zero-order chi connectivity index (χ0) is 22.4. The van der Waals surface area contributed by atoms with E-state index in [0.29, 0.717) is 23.5 Å². The van der Waals surface area contributed by atoms with Crippen LogP contribution in [0.1, 0.15) is 24.1 Å². The van der Waals surface area contributed by atoms with Gasteiger partial charge in [0.2, 0.25) is 5.96 Å². The molecule has 0 radical (unpaired) electrons. The molecule has 0 bridgehead atoms. The Morgan fingerprint density at radius 2 is 2.00 bits per heavy atom. The number of nitrogens with two attached hydrogens (primary N) is 1. The zero-order valence-corrected chi connectivity index (χ0v) is 17.7. The van der Waals surface area contributed by atoms with Crippen LogP contribution in [0.25, 0.3) is 0 Å². The van der Waals surface area contributed by atoms with E-state index in [1.165, 1.54) is 14.2 Å². The number of nitrogen functional groups attached to an aromatic ring is 1. The number of nitrogens with one attached hydrogen (secondary N) is 2. The molecular weight excluding hydrogens is 398 g/mol. The Hall–Kier alpha value is -3.32. The number of aliphatic hydroxyl groups excluding tert-OH is 1. The summed E-state index contributed by atoms with van der Waals surface area (Å²) in [4.78, 5) is 4.47. The summed E-state index contributed by atoms with van der Waals surface area (Å²) >= 11 is 0. The minimum absolute atomic E-state index is 0.208. The molecule has 0 saturated carbocycles. The Morgan fingerprint density at radius 1 is 1.29 bits per heavy atom. The first-order valence-electron chi connectivity index (χ1n) is 9.75. The molecule has 1 heterocycles. The Kier molecular flexibility index (Phi) is 6.97. The summed E-state index contributed by atoms with van der Waals surface area (Å²) in [6, 6.07) is 14.1. The van der Waals surface area contributed by atoms with Crippen molar-refractivity contribution < 1.29 is 19.3 Å². The number of methoxy groups -OCH3 is 2. The van der Waals surface area contributed by atoms with Crippen molar-refractivity contribution in [1.82, 2.24) is 10.6 Å². The Balaban J connectivity index is 1.97. The molecule has 3 rings (SSSR count). The third kappa shape index (κ3) is 4.72. The summed E-state index contributed by atoms with van der Waals surface area (Å²) < 4.78 is 16.9. The number of benzene rings is 2. The van der Waals surface area contributed by atoms with E-state index in [2.05, 4.69) is 15.6 Å². The number of rotatable bonds is 6. The van der Waals surface area contributed by atoms with Crippen LogP contribution in [0.4, 0.5) is 5.69 Å². The van der Waals surface area contributed by atoms with Crippen molar-refractivity contribution in [2.75, 3.05) is 20.0 Å². The van der Waals surface area contributed by atoms with E-state index < -0.39 is 24.0 Å². The van der Waals surface area contributed by atoms with Gasteiger partial charge in [0, 0.05) is 25.5 Å². The number of nitrogens with zero attached hydrogens (tertiary/aromatic N) is 2. The summed E-state index contributed by atoms with van der Waals surface area (Å²) in [5.74, 6) is 0.720. The lowest BCUT2D eigenvalue weighted by Crippen LogP contribution is -2.62. The summed E-state index contributed by atoms with van der Waals surface area (Å²) in [6.45, 7) is 2.04. The van der Waals surface area contributed by atoms with Gasteiger partial charge in [0.25, 0.3) is 0 Å². The Labute approximate surface area is 181 Å². The molecule has 1 aliphatic heterocycles. The van der Waals surface area contributed by atoms with E-state index in [4.69, 9.17) is 19.9 Å². The fraction of sp³-hybridized carbons (Fsp3) is 0.364. The molecule has 1 aliphatic rings. The van der Waals surface area contributed by atoms with Crippen LogP contribution >= 0.6 is 0 Å². The fourth-order valence-corrected chi connectivity index (χ4v) is 3.68. The van der Waals surface area contributed by atoms with Gasteiger partial charge < -0.3 is 30.4 Å². The first-order chi connectivity index (χ1) is 14.9. The smallest absolute Gasteiger partial charge is 0.205 e. The molecule has 9 nitrogen and oxygen atoms in total. The largest absolute Gasteiger partial charge is 0.479 e. The molecule has 0 spiro atoms. The molecule has 2 aromatic rings. The molecule has 2 aromatic carbocycles. The maximum Gasteiger partial charge on any atom is 0.205 e. The summed E-state index contributed by atoms with van der Waals surface area (Å²) in [6.07, 6.45) is -0.106. The zero-order valence-electron chi connectivity index (χ0n) is 17.7. The summed E-state index contributed by atoms with van der Waals surface area (Å²) in [7, 11) is 2.95. The third-order valence-electron chi connectivity index (χ3n) is 5.23. The SMILES string of the molecule is COC(OC)[C@]1(C)Oc2ccc(N)cc2C(NC(=NCc2ccccc2)NC#N)[C@@H]1O. The number of nitriles is 1. The highest BCUT2D eigenvalue weighted by Gasteiger charge is 2.52. The summed E-state index contributed by atoms with van der Waals surface area (Å²) in [5.41, 5.74) is 6.84. The topological polar surface area (TPSA) is 134 Å². The highest BCUT2D eigenvalue weighted by Crippen LogP contribution is 2.43. The van der Waals surface area contributed by atoms with Gasteiger partial charge in [-0.15, -0.1) is 0 Å². The molecular formula is C22H27N5O4. The lowest BCUT2D eigenvalue weighted by atomic mass is 9.84. The van der Waals surface area contributed by atoms with Gasteiger partial charge in [0.05, 0.1) is 12.6 Å². The van der Waals surface area contributed by atoms with Gasteiger partial charge in [-0.2, -0.15) is 5.26 Å². The first-order valence-corrected chi connectivity index (χ1v) is 9.75. The number of aliphatic imine (C=N–C) groups is 1. The van der Waals surface area contributed by atoms with Crippen molar-refractivity contribution in [3.63, 3.8) is 0 Å². The standard InChI is InChI=1S/C22H27N5O4/c1-22(20(29-2)30-3)19(28)18(16-11-15(24)9-10-17(16)31-22)27-21(26-13-23)25-12-14-7-5-4-6-8-14/h4-11,18-20,28H,12,24H2,1-3H3,(H2,25,26,27)/t18?,19-,22+/m0/s1. The minimum atomic E-state index is -1.25. The van der Waals surface area contributed by atoms with Crippen LogP contribution < -0.4 is 21.1 Å². The molecule has 9 heteroatoms. The predicted octanol–water partition coefficient (Wildman–Crippen LogP) is 1.66. The van der Waals surface area contributed by atoms with E-state index in [9.17, 15) is 10.4 Å². The van der Waals surface area contributed by atoms with Crippen molar-refractivity contribution >= 4 is 11.6 Å². The van der Waals surface area contributed by atoms with Crippen LogP contribution in [0.2, 0.25) is 0 Å². The van der Waals surface area contributed by atoms with Gasteiger partial charge in [-0.25, -0.2) is 4.99 Å². The maximum absolute atomic E-state index is 11.3. The van der Waals surface area contributed by atoms with Crippen LogP contribution in [-0.4, -0.2) is 43.3 Å². The first kappa shape index (κ1) is 22.4. The van der Waals surface area contributed by atoms with Crippen LogP contribution in [0.5, 0.6) is 5.75 Å². The van der Waals surface area contributed by atoms with Gasteiger partial charge in [-0.3, -0.25) is 5.32 Å². The van der Waals surface area contributed by atoms with Crippen molar-refractivity contribution in [3.05, 3.63) is 59.7 Å². The molecule has 3 atom stereocenters. The lowest BCUT2D eigenvalue weighted by molar-refractivity contribution is -0.238. The number of guanidine groups is 1. The molecule has 0 aromatic heterocycles.